The van der Waals surface area contributed by atoms with Gasteiger partial charge in [-0.1, -0.05) is 0 Å². The summed E-state index contributed by atoms with van der Waals surface area (Å²) >= 11 is 0. The van der Waals surface area contributed by atoms with Gasteiger partial charge < -0.3 is 9.47 Å². The van der Waals surface area contributed by atoms with Crippen LogP contribution in [0.15, 0.2) is 46.3 Å². The molecule has 0 bridgehead atoms. The van der Waals surface area contributed by atoms with Crippen LogP contribution in [0.3, 0.4) is 0 Å². The van der Waals surface area contributed by atoms with E-state index in [-0.39, 0.29) is 23.0 Å². The zero-order valence-electron chi connectivity index (χ0n) is 15.4. The van der Waals surface area contributed by atoms with Crippen LogP contribution in [0, 0.1) is 0 Å². The number of hydrogen-bond donors (Lipinski definition) is 1. The molecule has 1 N–H and O–H groups in total. The van der Waals surface area contributed by atoms with Gasteiger partial charge in [0.25, 0.3) is 0 Å². The molecule has 1 aromatic carbocycles. The summed E-state index contributed by atoms with van der Waals surface area (Å²) in [4.78, 5) is 24.0. The average Bonchev–Trinajstić information content (AvgIpc) is 3.04. The molecule has 4 aromatic rings. The van der Waals surface area contributed by atoms with E-state index in [1.54, 1.807) is 30.5 Å². The molecule has 5 rings (SSSR count). The lowest BCUT2D eigenvalue weighted by Gasteiger charge is -2.19. The van der Waals surface area contributed by atoms with Crippen LogP contribution in [0.25, 0.3) is 27.8 Å². The summed E-state index contributed by atoms with van der Waals surface area (Å²) in [5.74, 6) is 0.623. The summed E-state index contributed by atoms with van der Waals surface area (Å²) in [6.45, 7) is 2.36. The highest BCUT2D eigenvalue weighted by Gasteiger charge is 2.28. The molecule has 0 spiro atoms. The fourth-order valence-electron chi connectivity index (χ4n) is 3.58. The van der Waals surface area contributed by atoms with E-state index in [2.05, 4.69) is 15.0 Å². The van der Waals surface area contributed by atoms with Crippen LogP contribution in [0.5, 0.6) is 11.5 Å². The highest BCUT2D eigenvalue weighted by molar-refractivity contribution is 7.91. The van der Waals surface area contributed by atoms with Gasteiger partial charge in [-0.2, -0.15) is 0 Å². The summed E-state index contributed by atoms with van der Waals surface area (Å²) in [7, 11) is -3.52. The molecule has 4 heterocycles. The van der Waals surface area contributed by atoms with Crippen LogP contribution < -0.4 is 15.2 Å². The van der Waals surface area contributed by atoms with Gasteiger partial charge in [0, 0.05) is 17.6 Å². The van der Waals surface area contributed by atoms with Crippen molar-refractivity contribution in [2.75, 3.05) is 19.0 Å². The molecular weight excluding hydrogens is 396 g/mol. The maximum Gasteiger partial charge on any atom is 0.332 e. The van der Waals surface area contributed by atoms with Gasteiger partial charge in [0.1, 0.15) is 22.8 Å². The van der Waals surface area contributed by atoms with Crippen molar-refractivity contribution in [1.82, 2.24) is 19.5 Å². The van der Waals surface area contributed by atoms with Crippen molar-refractivity contribution in [3.63, 3.8) is 0 Å². The van der Waals surface area contributed by atoms with Crippen LogP contribution in [-0.2, 0) is 9.84 Å². The Morgan fingerprint density at radius 1 is 1.28 bits per heavy atom. The maximum atomic E-state index is 12.7. The van der Waals surface area contributed by atoms with E-state index >= 15 is 0 Å². The predicted molar refractivity (Wildman–Crippen MR) is 106 cm³/mol. The van der Waals surface area contributed by atoms with Crippen LogP contribution in [-0.4, -0.2) is 46.9 Å². The number of aromatic amines is 1. The molecule has 0 radical (unpaired) electrons. The van der Waals surface area contributed by atoms with Crippen molar-refractivity contribution in [3.8, 4) is 17.2 Å². The van der Waals surface area contributed by atoms with Crippen molar-refractivity contribution in [3.05, 3.63) is 47.1 Å². The maximum absolute atomic E-state index is 12.7. The first-order chi connectivity index (χ1) is 14.0. The molecule has 3 aromatic heterocycles. The summed E-state index contributed by atoms with van der Waals surface area (Å²) in [6.07, 6.45) is 2.97. The van der Waals surface area contributed by atoms with Crippen molar-refractivity contribution in [2.45, 2.75) is 11.8 Å². The van der Waals surface area contributed by atoms with E-state index in [9.17, 15) is 13.2 Å². The minimum atomic E-state index is -3.52. The molecule has 0 aliphatic carbocycles. The summed E-state index contributed by atoms with van der Waals surface area (Å²) in [5, 5.41) is 0.405. The van der Waals surface area contributed by atoms with Gasteiger partial charge in [0.2, 0.25) is 0 Å². The van der Waals surface area contributed by atoms with Gasteiger partial charge in [-0.15, -0.1) is 0 Å². The number of hydrogen-bond acceptors (Lipinski definition) is 7. The van der Waals surface area contributed by atoms with E-state index in [1.165, 1.54) is 10.8 Å². The normalized spacial score (nSPS) is 15.2. The van der Waals surface area contributed by atoms with E-state index in [4.69, 9.17) is 9.47 Å². The molecule has 0 saturated heterocycles. The molecule has 0 fully saturated rings. The topological polar surface area (TPSA) is 116 Å². The number of H-pyrrole nitrogens is 1. The van der Waals surface area contributed by atoms with Gasteiger partial charge in [-0.25, -0.2) is 18.2 Å². The van der Waals surface area contributed by atoms with E-state index in [1.807, 2.05) is 6.92 Å². The van der Waals surface area contributed by atoms with Crippen molar-refractivity contribution in [2.24, 2.45) is 0 Å². The zero-order chi connectivity index (χ0) is 20.2. The van der Waals surface area contributed by atoms with Gasteiger partial charge in [0.15, 0.2) is 21.2 Å². The van der Waals surface area contributed by atoms with Gasteiger partial charge >= 0.3 is 5.69 Å². The number of ether oxygens (including phenoxy) is 2. The number of imidazole rings is 1. The second-order valence-electron chi connectivity index (χ2n) is 6.53. The number of rotatable bonds is 3. The number of nitrogens with one attached hydrogen (secondary N) is 1. The first kappa shape index (κ1) is 17.7. The third-order valence-corrected chi connectivity index (χ3v) is 6.53. The Balaban J connectivity index is 1.84. The number of pyridine rings is 2. The monoisotopic (exact) mass is 412 g/mol. The molecule has 0 atom stereocenters. The largest absolute Gasteiger partial charge is 0.491 e. The lowest BCUT2D eigenvalue weighted by Crippen LogP contribution is -2.22. The lowest BCUT2D eigenvalue weighted by molar-refractivity contribution is 0.322. The minimum absolute atomic E-state index is 0.0908. The summed E-state index contributed by atoms with van der Waals surface area (Å²) < 4.78 is 38.0. The van der Waals surface area contributed by atoms with Crippen molar-refractivity contribution < 1.29 is 17.9 Å². The Morgan fingerprint density at radius 3 is 2.97 bits per heavy atom. The van der Waals surface area contributed by atoms with Crippen LogP contribution in [0.2, 0.25) is 0 Å². The SMILES string of the molecule is CCOc1ccnc2[nH]c(=O)n(-c3ccc4ncc5c(c4c3)S(=O)(=O)CCO5)c12. The van der Waals surface area contributed by atoms with Crippen LogP contribution >= 0.6 is 0 Å². The van der Waals surface area contributed by atoms with Crippen LogP contribution in [0.4, 0.5) is 0 Å². The molecule has 1 aliphatic heterocycles. The molecule has 29 heavy (non-hydrogen) atoms. The molecule has 9 nitrogen and oxygen atoms in total. The molecule has 10 heteroatoms. The molecule has 0 amide bonds. The lowest BCUT2D eigenvalue weighted by atomic mass is 10.2. The van der Waals surface area contributed by atoms with Gasteiger partial charge in [-0.3, -0.25) is 14.5 Å². The molecular formula is C19H16N4O5S. The number of benzene rings is 1. The third-order valence-electron chi connectivity index (χ3n) is 4.79. The summed E-state index contributed by atoms with van der Waals surface area (Å²) in [5.41, 5.74) is 1.42. The number of sulfone groups is 1. The Labute approximate surface area is 164 Å². The standard InChI is InChI=1S/C19H16N4O5S/c1-2-27-14-5-6-20-18-16(14)23(19(24)22-18)11-3-4-13-12(9-11)17-15(10-21-13)28-7-8-29(17,25)26/h3-6,9-10H,2,7-8H2,1H3,(H,20,22,24). The second kappa shape index (κ2) is 6.31. The molecule has 148 valence electrons. The number of aromatic nitrogens is 4. The van der Waals surface area contributed by atoms with Crippen molar-refractivity contribution >= 4 is 31.9 Å². The van der Waals surface area contributed by atoms with Crippen molar-refractivity contribution in [1.29, 1.82) is 0 Å². The Kier molecular flexibility index (Phi) is 3.85. The Hall–Kier alpha value is -3.40. The van der Waals surface area contributed by atoms with E-state index in [0.29, 0.717) is 40.1 Å². The van der Waals surface area contributed by atoms with Gasteiger partial charge in [0.05, 0.1) is 29.8 Å². The average molecular weight is 412 g/mol. The van der Waals surface area contributed by atoms with E-state index < -0.39 is 15.5 Å². The quantitative estimate of drug-likeness (QED) is 0.546. The van der Waals surface area contributed by atoms with Gasteiger partial charge in [-0.05, 0) is 25.1 Å². The smallest absolute Gasteiger partial charge is 0.332 e. The third kappa shape index (κ3) is 2.67. The number of fused-ring (bicyclic) bond motifs is 4. The minimum Gasteiger partial charge on any atom is -0.491 e. The highest BCUT2D eigenvalue weighted by atomic mass is 32.2. The van der Waals surface area contributed by atoms with E-state index in [0.717, 1.165) is 0 Å². The molecule has 1 aliphatic rings. The number of nitrogens with zero attached hydrogens (tertiary/aromatic N) is 3. The zero-order valence-corrected chi connectivity index (χ0v) is 16.2. The predicted octanol–water partition coefficient (Wildman–Crippen LogP) is 1.83. The second-order valence-corrected chi connectivity index (χ2v) is 8.57. The first-order valence-electron chi connectivity index (χ1n) is 9.01. The Morgan fingerprint density at radius 2 is 2.14 bits per heavy atom. The fourth-order valence-corrected chi connectivity index (χ4v) is 5.01. The highest BCUT2D eigenvalue weighted by Crippen LogP contribution is 2.35. The molecule has 0 saturated carbocycles. The Bertz CT molecular complexity index is 1440. The summed E-state index contributed by atoms with van der Waals surface area (Å²) in [6, 6.07) is 6.69. The molecule has 0 unspecified atom stereocenters. The first-order valence-corrected chi connectivity index (χ1v) is 10.7. The van der Waals surface area contributed by atoms with Crippen LogP contribution in [0.1, 0.15) is 6.92 Å². The fraction of sp³-hybridized carbons (Fsp3) is 0.211.